The van der Waals surface area contributed by atoms with Gasteiger partial charge < -0.3 is 47.4 Å². The lowest BCUT2D eigenvalue weighted by Crippen LogP contribution is -2.24. The van der Waals surface area contributed by atoms with Gasteiger partial charge in [0.05, 0.1) is 99.1 Å². The van der Waals surface area contributed by atoms with E-state index in [1.807, 2.05) is 0 Å². The molecule has 1 aliphatic heterocycles. The van der Waals surface area contributed by atoms with Crippen molar-refractivity contribution in [3.63, 3.8) is 0 Å². The minimum absolute atomic E-state index is 0.0645. The van der Waals surface area contributed by atoms with Gasteiger partial charge in [-0.3, -0.25) is 4.79 Å². The van der Waals surface area contributed by atoms with Gasteiger partial charge in [-0.15, -0.1) is 0 Å². The summed E-state index contributed by atoms with van der Waals surface area (Å²) in [4.78, 5) is 11.5. The Labute approximate surface area is 235 Å². The molecule has 0 amide bonds. The zero-order valence-electron chi connectivity index (χ0n) is 24.2. The Morgan fingerprint density at radius 1 is 0.590 bits per heavy atom. The maximum absolute atomic E-state index is 11.5. The fourth-order valence-corrected chi connectivity index (χ4v) is 3.49. The third-order valence-corrected chi connectivity index (χ3v) is 5.63. The van der Waals surface area contributed by atoms with Crippen LogP contribution in [0, 0.1) is 0 Å². The van der Waals surface area contributed by atoms with Crippen LogP contribution < -0.4 is 0 Å². The number of hydrogen-bond donors (Lipinski definition) is 0. The van der Waals surface area contributed by atoms with E-state index in [2.05, 4.69) is 6.92 Å². The molecule has 11 heteroatoms. The lowest BCUT2D eigenvalue weighted by molar-refractivity contribution is -0.169. The number of hydrogen-bond acceptors (Lipinski definition) is 11. The van der Waals surface area contributed by atoms with E-state index in [9.17, 15) is 4.79 Å². The molecule has 0 aromatic rings. The second kappa shape index (κ2) is 30.1. The topological polar surface area (TPSA) is 109 Å². The summed E-state index contributed by atoms with van der Waals surface area (Å²) in [7, 11) is 0. The summed E-state index contributed by atoms with van der Waals surface area (Å²) in [6.45, 7) is 10.8. The molecule has 0 aromatic heterocycles. The van der Waals surface area contributed by atoms with Crippen molar-refractivity contribution in [2.45, 2.75) is 64.6 Å². The third kappa shape index (κ3) is 27.1. The summed E-state index contributed by atoms with van der Waals surface area (Å²) in [5.74, 6) is -0.148. The Morgan fingerprint density at radius 3 is 1.49 bits per heavy atom. The highest BCUT2D eigenvalue weighted by Gasteiger charge is 2.13. The highest BCUT2D eigenvalue weighted by Crippen LogP contribution is 2.13. The summed E-state index contributed by atoms with van der Waals surface area (Å²) in [5.41, 5.74) is 0. The van der Waals surface area contributed by atoms with Crippen LogP contribution in [0.3, 0.4) is 0 Å². The molecule has 1 fully saturated rings. The van der Waals surface area contributed by atoms with Crippen molar-refractivity contribution in [3.8, 4) is 0 Å². The predicted octanol–water partition coefficient (Wildman–Crippen LogP) is 3.16. The van der Waals surface area contributed by atoms with Crippen LogP contribution in [-0.2, 0) is 52.2 Å². The maximum atomic E-state index is 11.5. The molecule has 0 spiro atoms. The largest absolute Gasteiger partial charge is 0.463 e. The number of rotatable bonds is 30. The number of carbonyl (C=O) groups excluding carboxylic acids is 1. The second-order valence-corrected chi connectivity index (χ2v) is 8.98. The smallest absolute Gasteiger partial charge is 0.305 e. The highest BCUT2D eigenvalue weighted by molar-refractivity contribution is 5.69. The average Bonchev–Trinajstić information content (AvgIpc) is 2.96. The van der Waals surface area contributed by atoms with Crippen LogP contribution in [-0.4, -0.2) is 125 Å². The molecule has 11 nitrogen and oxygen atoms in total. The molecule has 232 valence electrons. The molecule has 0 radical (unpaired) electrons. The maximum Gasteiger partial charge on any atom is 0.305 e. The molecule has 1 saturated heterocycles. The zero-order chi connectivity index (χ0) is 27.9. The van der Waals surface area contributed by atoms with Gasteiger partial charge in [0.2, 0.25) is 0 Å². The SMILES string of the molecule is CCCCCCC(=O)OCCOCCOCCOCCOCCOCCOCCOCCOC1CCCCO1. The van der Waals surface area contributed by atoms with E-state index in [4.69, 9.17) is 47.4 Å². The summed E-state index contributed by atoms with van der Waals surface area (Å²) < 4.78 is 54.4. The van der Waals surface area contributed by atoms with Gasteiger partial charge in [-0.2, -0.15) is 0 Å². The van der Waals surface area contributed by atoms with Gasteiger partial charge in [-0.25, -0.2) is 0 Å². The Morgan fingerprint density at radius 2 is 1.05 bits per heavy atom. The van der Waals surface area contributed by atoms with Crippen LogP contribution in [0.5, 0.6) is 0 Å². The minimum atomic E-state index is -0.148. The van der Waals surface area contributed by atoms with Crippen LogP contribution in [0.25, 0.3) is 0 Å². The fourth-order valence-electron chi connectivity index (χ4n) is 3.49. The average molecular weight is 567 g/mol. The molecular formula is C28H54O11. The van der Waals surface area contributed by atoms with Gasteiger partial charge in [0.25, 0.3) is 0 Å². The van der Waals surface area contributed by atoms with E-state index in [0.29, 0.717) is 106 Å². The second-order valence-electron chi connectivity index (χ2n) is 8.98. The molecular weight excluding hydrogens is 512 g/mol. The number of ether oxygens (including phenoxy) is 10. The van der Waals surface area contributed by atoms with Gasteiger partial charge in [-0.05, 0) is 25.7 Å². The molecule has 0 aromatic carbocycles. The quantitative estimate of drug-likeness (QED) is 0.0945. The summed E-state index contributed by atoms with van der Waals surface area (Å²) in [6.07, 6.45) is 7.98. The molecule has 1 aliphatic rings. The van der Waals surface area contributed by atoms with Crippen molar-refractivity contribution < 1.29 is 52.2 Å². The Kier molecular flexibility index (Phi) is 27.9. The first-order valence-electron chi connectivity index (χ1n) is 14.8. The normalized spacial score (nSPS) is 15.6. The minimum Gasteiger partial charge on any atom is -0.463 e. The van der Waals surface area contributed by atoms with Crippen molar-refractivity contribution in [2.75, 3.05) is 112 Å². The monoisotopic (exact) mass is 566 g/mol. The van der Waals surface area contributed by atoms with Gasteiger partial charge in [0, 0.05) is 13.0 Å². The molecule has 1 heterocycles. The van der Waals surface area contributed by atoms with Crippen LogP contribution in [0.15, 0.2) is 0 Å². The van der Waals surface area contributed by atoms with E-state index in [-0.39, 0.29) is 18.9 Å². The van der Waals surface area contributed by atoms with E-state index in [1.54, 1.807) is 0 Å². The van der Waals surface area contributed by atoms with Crippen molar-refractivity contribution in [3.05, 3.63) is 0 Å². The molecule has 0 saturated carbocycles. The highest BCUT2D eigenvalue weighted by atomic mass is 16.7. The molecule has 1 unspecified atom stereocenters. The lowest BCUT2D eigenvalue weighted by atomic mass is 10.2. The number of carbonyl (C=O) groups is 1. The first kappa shape index (κ1) is 36.1. The van der Waals surface area contributed by atoms with Gasteiger partial charge in [-0.1, -0.05) is 26.2 Å². The molecule has 39 heavy (non-hydrogen) atoms. The van der Waals surface area contributed by atoms with Gasteiger partial charge in [0.15, 0.2) is 6.29 Å². The lowest BCUT2D eigenvalue weighted by Gasteiger charge is -2.22. The van der Waals surface area contributed by atoms with E-state index >= 15 is 0 Å². The van der Waals surface area contributed by atoms with Crippen LogP contribution >= 0.6 is 0 Å². The summed E-state index contributed by atoms with van der Waals surface area (Å²) >= 11 is 0. The molecule has 1 rings (SSSR count). The van der Waals surface area contributed by atoms with E-state index < -0.39 is 0 Å². The fraction of sp³-hybridized carbons (Fsp3) is 0.964. The summed E-state index contributed by atoms with van der Waals surface area (Å²) in [6, 6.07) is 0. The Bertz CT molecular complexity index is 504. The number of unbranched alkanes of at least 4 members (excludes halogenated alkanes) is 3. The molecule has 1 atom stereocenters. The number of esters is 1. The first-order chi connectivity index (χ1) is 19.3. The van der Waals surface area contributed by atoms with E-state index in [0.717, 1.165) is 45.1 Å². The van der Waals surface area contributed by atoms with Gasteiger partial charge in [0.1, 0.15) is 6.61 Å². The van der Waals surface area contributed by atoms with Crippen molar-refractivity contribution in [2.24, 2.45) is 0 Å². The summed E-state index contributed by atoms with van der Waals surface area (Å²) in [5, 5.41) is 0. The third-order valence-electron chi connectivity index (χ3n) is 5.63. The molecule has 0 N–H and O–H groups in total. The Balaban J connectivity index is 1.63. The van der Waals surface area contributed by atoms with Crippen molar-refractivity contribution >= 4 is 5.97 Å². The predicted molar refractivity (Wildman–Crippen MR) is 145 cm³/mol. The van der Waals surface area contributed by atoms with Crippen molar-refractivity contribution in [1.29, 1.82) is 0 Å². The van der Waals surface area contributed by atoms with Crippen LogP contribution in [0.2, 0.25) is 0 Å². The van der Waals surface area contributed by atoms with Crippen LogP contribution in [0.1, 0.15) is 58.3 Å². The van der Waals surface area contributed by atoms with Crippen LogP contribution in [0.4, 0.5) is 0 Å². The van der Waals surface area contributed by atoms with Gasteiger partial charge >= 0.3 is 5.97 Å². The standard InChI is InChI=1S/C28H54O11/c1-2-3-4-5-8-27(29)37-25-23-35-21-19-33-17-15-31-13-11-30-12-14-32-16-18-34-20-22-36-24-26-39-28-9-6-7-10-38-28/h28H,2-26H2,1H3. The molecule has 0 aliphatic carbocycles. The Hall–Kier alpha value is -0.890. The zero-order valence-corrected chi connectivity index (χ0v) is 24.2. The first-order valence-corrected chi connectivity index (χ1v) is 14.8. The van der Waals surface area contributed by atoms with Crippen molar-refractivity contribution in [1.82, 2.24) is 0 Å². The van der Waals surface area contributed by atoms with E-state index in [1.165, 1.54) is 6.42 Å². The molecule has 0 bridgehead atoms.